The van der Waals surface area contributed by atoms with Gasteiger partial charge in [0, 0.05) is 19.3 Å². The van der Waals surface area contributed by atoms with E-state index in [1.165, 1.54) is 19.3 Å². The molecule has 0 aliphatic rings. The van der Waals surface area contributed by atoms with Crippen LogP contribution in [0.1, 0.15) is 226 Å². The minimum absolute atomic E-state index is 0.0843. The first-order valence-electron chi connectivity index (χ1n) is 29.9. The number of rotatable bonds is 56. The number of ether oxygens (including phenoxy) is 3. The Kier molecular flexibility index (Phi) is 53.0. The number of unbranched alkanes of at least 4 members (excludes halogenated alkanes) is 19. The van der Waals surface area contributed by atoms with E-state index in [1.54, 1.807) is 0 Å². The highest BCUT2D eigenvalue weighted by Gasteiger charge is 2.29. The fourth-order valence-electron chi connectivity index (χ4n) is 7.47. The van der Waals surface area contributed by atoms with E-state index >= 15 is 0 Å². The predicted octanol–water partition coefficient (Wildman–Crippen LogP) is 15.4. The van der Waals surface area contributed by atoms with Crippen molar-refractivity contribution >= 4 is 33.6 Å². The number of esters is 3. The summed E-state index contributed by atoms with van der Waals surface area (Å²) in [6.45, 7) is 2.38. The molecular weight excluding hydrogens is 1050 g/mol. The number of phosphoric ester groups is 2. The largest absolute Gasteiger partial charge is 0.472 e. The van der Waals surface area contributed by atoms with E-state index in [9.17, 15) is 43.5 Å². The second kappa shape index (κ2) is 55.3. The van der Waals surface area contributed by atoms with Gasteiger partial charge in [-0.2, -0.15) is 0 Å². The molecule has 4 N–H and O–H groups in total. The van der Waals surface area contributed by atoms with Crippen molar-refractivity contribution in [3.05, 3.63) is 85.1 Å². The van der Waals surface area contributed by atoms with Crippen LogP contribution >= 0.6 is 15.6 Å². The van der Waals surface area contributed by atoms with Crippen molar-refractivity contribution in [3.63, 3.8) is 0 Å². The molecule has 456 valence electrons. The zero-order valence-electron chi connectivity index (χ0n) is 48.8. The van der Waals surface area contributed by atoms with Gasteiger partial charge >= 0.3 is 33.6 Å². The number of phosphoric acid groups is 2. The highest BCUT2D eigenvalue weighted by atomic mass is 31.2. The molecule has 18 heteroatoms. The molecular formula is C61H106O16P2. The summed E-state index contributed by atoms with van der Waals surface area (Å²) in [6, 6.07) is 0. The zero-order valence-corrected chi connectivity index (χ0v) is 50.6. The Labute approximate surface area is 476 Å². The summed E-state index contributed by atoms with van der Waals surface area (Å²) in [6.07, 6.45) is 55.1. The lowest BCUT2D eigenvalue weighted by Crippen LogP contribution is -2.30. The van der Waals surface area contributed by atoms with Crippen LogP contribution in [0.3, 0.4) is 0 Å². The van der Waals surface area contributed by atoms with Gasteiger partial charge < -0.3 is 34.2 Å². The fourth-order valence-corrected chi connectivity index (χ4v) is 9.06. The zero-order chi connectivity index (χ0) is 58.2. The van der Waals surface area contributed by atoms with Crippen LogP contribution in [-0.4, -0.2) is 95.9 Å². The lowest BCUT2D eigenvalue weighted by Gasteiger charge is -2.21. The summed E-state index contributed by atoms with van der Waals surface area (Å²) < 4.78 is 60.5. The van der Waals surface area contributed by atoms with Crippen molar-refractivity contribution < 1.29 is 75.8 Å². The Hall–Kier alpha value is -3.27. The number of allylic oxidation sites excluding steroid dienone is 14. The van der Waals surface area contributed by atoms with E-state index < -0.39 is 91.5 Å². The molecule has 79 heavy (non-hydrogen) atoms. The van der Waals surface area contributed by atoms with Crippen LogP contribution in [0, 0.1) is 0 Å². The van der Waals surface area contributed by atoms with Crippen LogP contribution in [0.5, 0.6) is 0 Å². The lowest BCUT2D eigenvalue weighted by molar-refractivity contribution is -0.161. The monoisotopic (exact) mass is 1160 g/mol. The average Bonchev–Trinajstić information content (AvgIpc) is 3.42. The highest BCUT2D eigenvalue weighted by molar-refractivity contribution is 7.47. The van der Waals surface area contributed by atoms with E-state index in [2.05, 4.69) is 106 Å². The van der Waals surface area contributed by atoms with Crippen molar-refractivity contribution in [2.45, 2.75) is 245 Å². The number of carbonyl (C=O) groups is 3. The van der Waals surface area contributed by atoms with Crippen molar-refractivity contribution in [3.8, 4) is 0 Å². The summed E-state index contributed by atoms with van der Waals surface area (Å²) in [4.78, 5) is 58.0. The average molecular weight is 1160 g/mol. The summed E-state index contributed by atoms with van der Waals surface area (Å²) in [5.41, 5.74) is 0. The second-order valence-electron chi connectivity index (χ2n) is 19.8. The third-order valence-electron chi connectivity index (χ3n) is 12.1. The first kappa shape index (κ1) is 75.7. The SMILES string of the molecule is CC/C=C\C/C=C\C/C=C\CCCCCCCC(=O)OCC(O)COP(=O)(O)OCC(O)COP(=O)(O)OCC(COC(=O)CCCCCCC/C=C\C/C=C\CCCCC)OC(=O)CCCCCCC/C=C\C/C=C\CCC. The van der Waals surface area contributed by atoms with Gasteiger partial charge in [-0.3, -0.25) is 32.5 Å². The first-order valence-corrected chi connectivity index (χ1v) is 32.9. The minimum atomic E-state index is -4.92. The lowest BCUT2D eigenvalue weighted by atomic mass is 10.1. The summed E-state index contributed by atoms with van der Waals surface area (Å²) in [5.74, 6) is -1.63. The highest BCUT2D eigenvalue weighted by Crippen LogP contribution is 2.45. The van der Waals surface area contributed by atoms with Gasteiger partial charge in [-0.05, 0) is 109 Å². The molecule has 0 aromatic heterocycles. The third kappa shape index (κ3) is 56.4. The Morgan fingerprint density at radius 3 is 1.11 bits per heavy atom. The van der Waals surface area contributed by atoms with Gasteiger partial charge in [-0.1, -0.05) is 183 Å². The molecule has 0 rings (SSSR count). The van der Waals surface area contributed by atoms with Gasteiger partial charge in [0.15, 0.2) is 6.10 Å². The molecule has 0 radical (unpaired) electrons. The first-order chi connectivity index (χ1) is 38.2. The quantitative estimate of drug-likeness (QED) is 0.0146. The van der Waals surface area contributed by atoms with Crippen molar-refractivity contribution in [1.82, 2.24) is 0 Å². The van der Waals surface area contributed by atoms with Crippen molar-refractivity contribution in [2.75, 3.05) is 39.6 Å². The summed E-state index contributed by atoms with van der Waals surface area (Å²) in [5, 5.41) is 20.4. The van der Waals surface area contributed by atoms with Crippen LogP contribution < -0.4 is 0 Å². The second-order valence-corrected chi connectivity index (χ2v) is 22.7. The number of hydrogen-bond donors (Lipinski definition) is 4. The van der Waals surface area contributed by atoms with Crippen LogP contribution in [-0.2, 0) is 55.8 Å². The Morgan fingerprint density at radius 2 is 0.696 bits per heavy atom. The molecule has 0 aliphatic carbocycles. The molecule has 0 heterocycles. The third-order valence-corrected chi connectivity index (χ3v) is 14.0. The normalized spacial score (nSPS) is 15.1. The van der Waals surface area contributed by atoms with Gasteiger partial charge in [0.25, 0.3) is 0 Å². The fraction of sp³-hybridized carbons (Fsp3) is 0.721. The van der Waals surface area contributed by atoms with Gasteiger partial charge in [0.2, 0.25) is 0 Å². The smallest absolute Gasteiger partial charge is 0.463 e. The summed E-state index contributed by atoms with van der Waals surface area (Å²) >= 11 is 0. The van der Waals surface area contributed by atoms with Gasteiger partial charge in [0.05, 0.1) is 26.4 Å². The molecule has 0 aliphatic heterocycles. The molecule has 16 nitrogen and oxygen atoms in total. The Morgan fingerprint density at radius 1 is 0.367 bits per heavy atom. The van der Waals surface area contributed by atoms with Gasteiger partial charge in [-0.15, -0.1) is 0 Å². The Balaban J connectivity index is 4.74. The molecule has 0 aromatic carbocycles. The summed E-state index contributed by atoms with van der Waals surface area (Å²) in [7, 11) is -9.77. The molecule has 0 bridgehead atoms. The maximum atomic E-state index is 12.8. The topological polar surface area (TPSA) is 231 Å². The van der Waals surface area contributed by atoms with Crippen LogP contribution in [0.2, 0.25) is 0 Å². The molecule has 0 saturated heterocycles. The molecule has 0 fully saturated rings. The number of aliphatic hydroxyl groups is 2. The van der Waals surface area contributed by atoms with E-state index in [4.69, 9.17) is 32.3 Å². The molecule has 0 saturated carbocycles. The predicted molar refractivity (Wildman–Crippen MR) is 316 cm³/mol. The van der Waals surface area contributed by atoms with E-state index in [1.807, 2.05) is 0 Å². The maximum absolute atomic E-state index is 12.8. The molecule has 5 atom stereocenters. The Bertz CT molecular complexity index is 1790. The van der Waals surface area contributed by atoms with Crippen LogP contribution in [0.4, 0.5) is 0 Å². The van der Waals surface area contributed by atoms with Crippen LogP contribution in [0.15, 0.2) is 85.1 Å². The van der Waals surface area contributed by atoms with Crippen molar-refractivity contribution in [2.24, 2.45) is 0 Å². The maximum Gasteiger partial charge on any atom is 0.472 e. The molecule has 0 amide bonds. The molecule has 0 aromatic rings. The van der Waals surface area contributed by atoms with E-state index in [0.29, 0.717) is 19.3 Å². The minimum Gasteiger partial charge on any atom is -0.463 e. The van der Waals surface area contributed by atoms with Crippen molar-refractivity contribution in [1.29, 1.82) is 0 Å². The van der Waals surface area contributed by atoms with Crippen LogP contribution in [0.25, 0.3) is 0 Å². The van der Waals surface area contributed by atoms with E-state index in [0.717, 1.165) is 148 Å². The number of carbonyl (C=O) groups excluding carboxylic acids is 3. The molecule has 5 unspecified atom stereocenters. The van der Waals surface area contributed by atoms with Gasteiger partial charge in [-0.25, -0.2) is 9.13 Å². The van der Waals surface area contributed by atoms with E-state index in [-0.39, 0.29) is 19.3 Å². The molecule has 0 spiro atoms. The standard InChI is InChI=1S/C61H106O16P2/c1-4-7-10-13-16-19-22-25-27-30-32-35-38-41-44-47-59(64)71-50-56(62)51-73-78(67,68)74-52-57(63)53-75-79(69,70)76-55-58(77-61(66)49-46-43-40-37-34-29-24-21-18-15-12-9-6-3)54-72-60(65)48-45-42-39-36-33-31-28-26-23-20-17-14-11-8-5-2/h7,10,12,15-17,19-21,24-28,56-58,62-63H,4-6,8-9,11,13-14,18,22-23,29-55H2,1-3H3,(H,67,68)(H,69,70)/b10-7-,15-12-,19-16-,20-17-,24-21-,27-25-,28-26-. The number of aliphatic hydroxyl groups excluding tert-OH is 2. The number of hydrogen-bond acceptors (Lipinski definition) is 14. The van der Waals surface area contributed by atoms with Gasteiger partial charge in [0.1, 0.15) is 25.4 Å².